The number of hydrogen-bond donors (Lipinski definition) is 1. The van der Waals surface area contributed by atoms with Gasteiger partial charge in [0.25, 0.3) is 0 Å². The standard InChI is InChI=1S/C20H22F2N2O2/c1-14-4-6-18(7-5-14)23-20(25)24-8-2-3-19(12-24)26-13-15-9-16(21)11-17(22)10-15/h4-7,9-11,19H,2-3,8,12-13H2,1H3,(H,23,25). The van der Waals surface area contributed by atoms with Gasteiger partial charge in [-0.2, -0.15) is 0 Å². The molecular weight excluding hydrogens is 338 g/mol. The first-order valence-corrected chi connectivity index (χ1v) is 8.69. The fraction of sp³-hybridized carbons (Fsp3) is 0.350. The van der Waals surface area contributed by atoms with Crippen LogP contribution in [0.25, 0.3) is 0 Å². The van der Waals surface area contributed by atoms with Crippen LogP contribution in [0, 0.1) is 18.6 Å². The Bertz CT molecular complexity index is 745. The summed E-state index contributed by atoms with van der Waals surface area (Å²) in [6, 6.07) is 10.8. The van der Waals surface area contributed by atoms with E-state index in [0.717, 1.165) is 30.2 Å². The number of likely N-dealkylation sites (tertiary alicyclic amines) is 1. The van der Waals surface area contributed by atoms with Crippen LogP contribution in [-0.4, -0.2) is 30.1 Å². The van der Waals surface area contributed by atoms with Gasteiger partial charge in [-0.3, -0.25) is 0 Å². The molecule has 0 bridgehead atoms. The van der Waals surface area contributed by atoms with Crippen molar-refractivity contribution in [3.8, 4) is 0 Å². The highest BCUT2D eigenvalue weighted by Gasteiger charge is 2.24. The Morgan fingerprint density at radius 1 is 1.19 bits per heavy atom. The third-order valence-corrected chi connectivity index (χ3v) is 4.38. The molecule has 0 radical (unpaired) electrons. The summed E-state index contributed by atoms with van der Waals surface area (Å²) < 4.78 is 32.2. The van der Waals surface area contributed by atoms with E-state index in [1.807, 2.05) is 31.2 Å². The van der Waals surface area contributed by atoms with E-state index in [9.17, 15) is 13.6 Å². The first-order valence-electron chi connectivity index (χ1n) is 8.69. The zero-order valence-corrected chi connectivity index (χ0v) is 14.7. The minimum absolute atomic E-state index is 0.118. The number of benzene rings is 2. The minimum Gasteiger partial charge on any atom is -0.372 e. The van der Waals surface area contributed by atoms with Crippen molar-refractivity contribution in [3.05, 3.63) is 65.2 Å². The van der Waals surface area contributed by atoms with Crippen LogP contribution in [0.2, 0.25) is 0 Å². The summed E-state index contributed by atoms with van der Waals surface area (Å²) in [5, 5.41) is 2.88. The topological polar surface area (TPSA) is 41.6 Å². The number of amides is 2. The molecule has 3 rings (SSSR count). The van der Waals surface area contributed by atoms with Crippen LogP contribution >= 0.6 is 0 Å². The summed E-state index contributed by atoms with van der Waals surface area (Å²) in [5.74, 6) is -1.24. The maximum absolute atomic E-state index is 13.2. The van der Waals surface area contributed by atoms with E-state index in [1.54, 1.807) is 4.90 Å². The zero-order chi connectivity index (χ0) is 18.5. The van der Waals surface area contributed by atoms with Crippen LogP contribution < -0.4 is 5.32 Å². The molecule has 2 amide bonds. The maximum Gasteiger partial charge on any atom is 0.321 e. The van der Waals surface area contributed by atoms with Gasteiger partial charge >= 0.3 is 6.03 Å². The molecule has 1 fully saturated rings. The molecule has 26 heavy (non-hydrogen) atoms. The first-order chi connectivity index (χ1) is 12.5. The molecule has 1 atom stereocenters. The second-order valence-corrected chi connectivity index (χ2v) is 6.60. The SMILES string of the molecule is Cc1ccc(NC(=O)N2CCCC(OCc3cc(F)cc(F)c3)C2)cc1. The number of urea groups is 1. The first kappa shape index (κ1) is 18.3. The molecule has 0 aromatic heterocycles. The van der Waals surface area contributed by atoms with Gasteiger partial charge in [0.05, 0.1) is 12.7 Å². The number of ether oxygens (including phenoxy) is 1. The molecule has 1 aliphatic heterocycles. The van der Waals surface area contributed by atoms with Crippen molar-refractivity contribution >= 4 is 11.7 Å². The monoisotopic (exact) mass is 360 g/mol. The second-order valence-electron chi connectivity index (χ2n) is 6.60. The summed E-state index contributed by atoms with van der Waals surface area (Å²) in [4.78, 5) is 14.1. The van der Waals surface area contributed by atoms with Gasteiger partial charge in [-0.25, -0.2) is 13.6 Å². The number of anilines is 1. The van der Waals surface area contributed by atoms with Crippen molar-refractivity contribution in [2.45, 2.75) is 32.5 Å². The molecule has 1 unspecified atom stereocenters. The zero-order valence-electron chi connectivity index (χ0n) is 14.7. The Kier molecular flexibility index (Phi) is 5.83. The van der Waals surface area contributed by atoms with Crippen molar-refractivity contribution in [1.29, 1.82) is 0 Å². The number of halogens is 2. The maximum atomic E-state index is 13.2. The van der Waals surface area contributed by atoms with E-state index in [0.29, 0.717) is 18.7 Å². The van der Waals surface area contributed by atoms with Crippen molar-refractivity contribution in [2.24, 2.45) is 0 Å². The largest absolute Gasteiger partial charge is 0.372 e. The van der Waals surface area contributed by atoms with Crippen LogP contribution in [0.15, 0.2) is 42.5 Å². The summed E-state index contributed by atoms with van der Waals surface area (Å²) in [5.41, 5.74) is 2.32. The lowest BCUT2D eigenvalue weighted by Crippen LogP contribution is -2.45. The van der Waals surface area contributed by atoms with E-state index >= 15 is 0 Å². The molecule has 138 valence electrons. The summed E-state index contributed by atoms with van der Waals surface area (Å²) in [7, 11) is 0. The highest BCUT2D eigenvalue weighted by atomic mass is 19.1. The van der Waals surface area contributed by atoms with Crippen LogP contribution in [0.1, 0.15) is 24.0 Å². The lowest BCUT2D eigenvalue weighted by Gasteiger charge is -2.32. The van der Waals surface area contributed by atoms with Gasteiger partial charge in [0, 0.05) is 24.8 Å². The third kappa shape index (κ3) is 5.02. The molecule has 6 heteroatoms. The molecule has 2 aromatic rings. The second kappa shape index (κ2) is 8.27. The van der Waals surface area contributed by atoms with Gasteiger partial charge < -0.3 is 15.0 Å². The van der Waals surface area contributed by atoms with Gasteiger partial charge in [0.15, 0.2) is 0 Å². The van der Waals surface area contributed by atoms with Crippen LogP contribution in [0.3, 0.4) is 0 Å². The Hall–Kier alpha value is -2.47. The van der Waals surface area contributed by atoms with Gasteiger partial charge in [-0.1, -0.05) is 17.7 Å². The number of piperidine rings is 1. The number of aryl methyl sites for hydroxylation is 1. The minimum atomic E-state index is -0.619. The van der Waals surface area contributed by atoms with E-state index < -0.39 is 11.6 Å². The van der Waals surface area contributed by atoms with E-state index in [1.165, 1.54) is 12.1 Å². The highest BCUT2D eigenvalue weighted by molar-refractivity contribution is 5.89. The molecule has 1 saturated heterocycles. The van der Waals surface area contributed by atoms with Gasteiger partial charge in [0.1, 0.15) is 11.6 Å². The van der Waals surface area contributed by atoms with Crippen molar-refractivity contribution in [1.82, 2.24) is 4.90 Å². The fourth-order valence-electron chi connectivity index (χ4n) is 3.01. The smallest absolute Gasteiger partial charge is 0.321 e. The van der Waals surface area contributed by atoms with Crippen LogP contribution in [0.5, 0.6) is 0 Å². The number of hydrogen-bond acceptors (Lipinski definition) is 2. The van der Waals surface area contributed by atoms with Crippen molar-refractivity contribution in [2.75, 3.05) is 18.4 Å². The Morgan fingerprint density at radius 2 is 1.88 bits per heavy atom. The molecule has 0 spiro atoms. The lowest BCUT2D eigenvalue weighted by molar-refractivity contribution is 0.000844. The summed E-state index contributed by atoms with van der Waals surface area (Å²) >= 11 is 0. The molecule has 4 nitrogen and oxygen atoms in total. The molecular formula is C20H22F2N2O2. The fourth-order valence-corrected chi connectivity index (χ4v) is 3.01. The quantitative estimate of drug-likeness (QED) is 0.873. The van der Waals surface area contributed by atoms with E-state index in [4.69, 9.17) is 4.74 Å². The average Bonchev–Trinajstić information content (AvgIpc) is 2.61. The normalized spacial score (nSPS) is 17.2. The number of carbonyl (C=O) groups excluding carboxylic acids is 1. The molecule has 1 N–H and O–H groups in total. The van der Waals surface area contributed by atoms with Gasteiger partial charge in [-0.05, 0) is 49.6 Å². The Labute approximate surface area is 151 Å². The van der Waals surface area contributed by atoms with Crippen molar-refractivity contribution in [3.63, 3.8) is 0 Å². The molecule has 0 saturated carbocycles. The van der Waals surface area contributed by atoms with E-state index in [-0.39, 0.29) is 18.7 Å². The Morgan fingerprint density at radius 3 is 2.58 bits per heavy atom. The molecule has 1 heterocycles. The van der Waals surface area contributed by atoms with Crippen LogP contribution in [-0.2, 0) is 11.3 Å². The Balaban J connectivity index is 1.53. The predicted octanol–water partition coefficient (Wildman–Crippen LogP) is 4.49. The average molecular weight is 360 g/mol. The number of rotatable bonds is 4. The third-order valence-electron chi connectivity index (χ3n) is 4.38. The lowest BCUT2D eigenvalue weighted by atomic mass is 10.1. The number of carbonyl (C=O) groups is 1. The highest BCUT2D eigenvalue weighted by Crippen LogP contribution is 2.18. The van der Waals surface area contributed by atoms with Crippen molar-refractivity contribution < 1.29 is 18.3 Å². The van der Waals surface area contributed by atoms with Gasteiger partial charge in [0.2, 0.25) is 0 Å². The number of nitrogens with zero attached hydrogens (tertiary/aromatic N) is 1. The van der Waals surface area contributed by atoms with E-state index in [2.05, 4.69) is 5.32 Å². The molecule has 1 aliphatic rings. The van der Waals surface area contributed by atoms with Gasteiger partial charge in [-0.15, -0.1) is 0 Å². The predicted molar refractivity (Wildman–Crippen MR) is 95.9 cm³/mol. The molecule has 2 aromatic carbocycles. The van der Waals surface area contributed by atoms with Crippen LogP contribution in [0.4, 0.5) is 19.3 Å². The number of nitrogens with one attached hydrogen (secondary N) is 1. The summed E-state index contributed by atoms with van der Waals surface area (Å²) in [6.07, 6.45) is 1.48. The summed E-state index contributed by atoms with van der Waals surface area (Å²) in [6.45, 7) is 3.22. The molecule has 0 aliphatic carbocycles.